The zero-order valence-corrected chi connectivity index (χ0v) is 11.0. The number of hydrogen-bond acceptors (Lipinski definition) is 5. The van der Waals surface area contributed by atoms with Gasteiger partial charge in [-0.1, -0.05) is 6.08 Å². The highest BCUT2D eigenvalue weighted by Gasteiger charge is 2.12. The van der Waals surface area contributed by atoms with E-state index in [2.05, 4.69) is 6.58 Å². The molecule has 0 fully saturated rings. The van der Waals surface area contributed by atoms with Crippen LogP contribution in [0.5, 0.6) is 11.5 Å². The van der Waals surface area contributed by atoms with Gasteiger partial charge in [-0.25, -0.2) is 4.79 Å². The molecule has 0 saturated carbocycles. The first kappa shape index (κ1) is 13.9. The van der Waals surface area contributed by atoms with Crippen molar-refractivity contribution < 1.29 is 18.7 Å². The SMILES string of the molecule is C=CCCC(=O)Oc1cc2coc(=O)cc2cc1OC. The van der Waals surface area contributed by atoms with Gasteiger partial charge < -0.3 is 13.9 Å². The summed E-state index contributed by atoms with van der Waals surface area (Å²) >= 11 is 0. The van der Waals surface area contributed by atoms with Crippen LogP contribution in [0.25, 0.3) is 10.8 Å². The third kappa shape index (κ3) is 3.06. The van der Waals surface area contributed by atoms with E-state index in [0.717, 1.165) is 0 Å². The maximum Gasteiger partial charge on any atom is 0.336 e. The highest BCUT2D eigenvalue weighted by atomic mass is 16.6. The van der Waals surface area contributed by atoms with Crippen molar-refractivity contribution >= 4 is 16.7 Å². The van der Waals surface area contributed by atoms with Gasteiger partial charge in [0.15, 0.2) is 11.5 Å². The van der Waals surface area contributed by atoms with E-state index < -0.39 is 5.63 Å². The first-order valence-electron chi connectivity index (χ1n) is 6.06. The van der Waals surface area contributed by atoms with Crippen LogP contribution in [0.1, 0.15) is 12.8 Å². The van der Waals surface area contributed by atoms with E-state index in [1.54, 1.807) is 18.2 Å². The summed E-state index contributed by atoms with van der Waals surface area (Å²) in [5.74, 6) is 0.304. The summed E-state index contributed by atoms with van der Waals surface area (Å²) in [6.07, 6.45) is 3.75. The quantitative estimate of drug-likeness (QED) is 0.476. The summed E-state index contributed by atoms with van der Waals surface area (Å²) in [5, 5.41) is 1.31. The summed E-state index contributed by atoms with van der Waals surface area (Å²) < 4.78 is 15.2. The van der Waals surface area contributed by atoms with Gasteiger partial charge in [0.05, 0.1) is 7.11 Å². The van der Waals surface area contributed by atoms with Gasteiger partial charge >= 0.3 is 11.6 Å². The Labute approximate surface area is 115 Å². The fourth-order valence-corrected chi connectivity index (χ4v) is 1.73. The van der Waals surface area contributed by atoms with Gasteiger partial charge in [0.25, 0.3) is 0 Å². The molecule has 1 aromatic heterocycles. The van der Waals surface area contributed by atoms with E-state index in [1.165, 1.54) is 19.4 Å². The Balaban J connectivity index is 2.36. The Morgan fingerprint density at radius 3 is 2.75 bits per heavy atom. The molecule has 0 spiro atoms. The number of benzene rings is 1. The van der Waals surface area contributed by atoms with E-state index in [1.807, 2.05) is 0 Å². The number of carbonyl (C=O) groups is 1. The van der Waals surface area contributed by atoms with Crippen LogP contribution in [0.15, 0.2) is 46.3 Å². The molecular formula is C15H14O5. The van der Waals surface area contributed by atoms with Gasteiger partial charge in [0, 0.05) is 17.9 Å². The van der Waals surface area contributed by atoms with Crippen molar-refractivity contribution in [1.82, 2.24) is 0 Å². The van der Waals surface area contributed by atoms with Crippen molar-refractivity contribution in [2.24, 2.45) is 0 Å². The van der Waals surface area contributed by atoms with Crippen molar-refractivity contribution in [3.63, 3.8) is 0 Å². The van der Waals surface area contributed by atoms with Crippen LogP contribution >= 0.6 is 0 Å². The third-order valence-electron chi connectivity index (χ3n) is 2.72. The lowest BCUT2D eigenvalue weighted by Crippen LogP contribution is -2.08. The number of carbonyl (C=O) groups excluding carboxylic acids is 1. The average Bonchev–Trinajstić information content (AvgIpc) is 2.44. The summed E-state index contributed by atoms with van der Waals surface area (Å²) in [5.41, 5.74) is -0.449. The predicted molar refractivity (Wildman–Crippen MR) is 74.1 cm³/mol. The molecule has 2 rings (SSSR count). The lowest BCUT2D eigenvalue weighted by atomic mass is 10.1. The minimum absolute atomic E-state index is 0.245. The van der Waals surface area contributed by atoms with Crippen molar-refractivity contribution in [2.45, 2.75) is 12.8 Å². The van der Waals surface area contributed by atoms with Crippen LogP contribution in [-0.2, 0) is 4.79 Å². The molecule has 0 radical (unpaired) electrons. The number of hydrogen-bond donors (Lipinski definition) is 0. The van der Waals surface area contributed by atoms with Gasteiger partial charge in [-0.2, -0.15) is 0 Å². The number of fused-ring (bicyclic) bond motifs is 1. The lowest BCUT2D eigenvalue weighted by molar-refractivity contribution is -0.134. The van der Waals surface area contributed by atoms with E-state index in [9.17, 15) is 9.59 Å². The second kappa shape index (κ2) is 6.06. The Hall–Kier alpha value is -2.56. The first-order valence-corrected chi connectivity index (χ1v) is 6.06. The molecule has 1 aromatic carbocycles. The van der Waals surface area contributed by atoms with Crippen LogP contribution in [0, 0.1) is 0 Å². The zero-order valence-electron chi connectivity index (χ0n) is 11.0. The van der Waals surface area contributed by atoms with Crippen LogP contribution in [0.2, 0.25) is 0 Å². The van der Waals surface area contributed by atoms with Crippen molar-refractivity contribution in [2.75, 3.05) is 7.11 Å². The summed E-state index contributed by atoms with van der Waals surface area (Å²) in [7, 11) is 1.47. The fourth-order valence-electron chi connectivity index (χ4n) is 1.73. The molecule has 0 aliphatic heterocycles. The van der Waals surface area contributed by atoms with Gasteiger partial charge in [-0.15, -0.1) is 6.58 Å². The van der Waals surface area contributed by atoms with Gasteiger partial charge in [-0.05, 0) is 23.9 Å². The van der Waals surface area contributed by atoms with Crippen LogP contribution in [-0.4, -0.2) is 13.1 Å². The second-order valence-corrected chi connectivity index (χ2v) is 4.13. The largest absolute Gasteiger partial charge is 0.493 e. The molecule has 0 saturated heterocycles. The van der Waals surface area contributed by atoms with Crippen LogP contribution in [0.4, 0.5) is 0 Å². The molecule has 0 amide bonds. The molecule has 5 nitrogen and oxygen atoms in total. The number of rotatable bonds is 5. The Morgan fingerprint density at radius 2 is 2.05 bits per heavy atom. The fraction of sp³-hybridized carbons (Fsp3) is 0.200. The summed E-state index contributed by atoms with van der Waals surface area (Å²) in [6, 6.07) is 4.58. The molecule has 0 aliphatic rings. The van der Waals surface area contributed by atoms with Gasteiger partial charge in [0.1, 0.15) is 6.26 Å². The minimum atomic E-state index is -0.449. The first-order chi connectivity index (χ1) is 9.63. The number of allylic oxidation sites excluding steroid dienone is 1. The molecule has 0 unspecified atom stereocenters. The number of esters is 1. The maximum atomic E-state index is 11.6. The van der Waals surface area contributed by atoms with Crippen molar-refractivity contribution in [3.05, 3.63) is 47.5 Å². The zero-order chi connectivity index (χ0) is 14.5. The van der Waals surface area contributed by atoms with Crippen molar-refractivity contribution in [1.29, 1.82) is 0 Å². The molecule has 1 heterocycles. The highest BCUT2D eigenvalue weighted by Crippen LogP contribution is 2.32. The molecular weight excluding hydrogens is 260 g/mol. The lowest BCUT2D eigenvalue weighted by Gasteiger charge is -2.10. The van der Waals surface area contributed by atoms with Gasteiger partial charge in [-0.3, -0.25) is 4.79 Å². The van der Waals surface area contributed by atoms with Crippen LogP contribution in [0.3, 0.4) is 0 Å². The third-order valence-corrected chi connectivity index (χ3v) is 2.72. The molecule has 20 heavy (non-hydrogen) atoms. The minimum Gasteiger partial charge on any atom is -0.493 e. The van der Waals surface area contributed by atoms with Crippen LogP contribution < -0.4 is 15.1 Å². The molecule has 0 atom stereocenters. The topological polar surface area (TPSA) is 65.7 Å². The van der Waals surface area contributed by atoms with E-state index in [-0.39, 0.29) is 12.4 Å². The van der Waals surface area contributed by atoms with E-state index >= 15 is 0 Å². The Bertz CT molecular complexity index is 699. The average molecular weight is 274 g/mol. The molecule has 0 aliphatic carbocycles. The smallest absolute Gasteiger partial charge is 0.336 e. The molecule has 5 heteroatoms. The van der Waals surface area contributed by atoms with Gasteiger partial charge in [0.2, 0.25) is 0 Å². The number of ether oxygens (including phenoxy) is 2. The predicted octanol–water partition coefficient (Wildman–Crippen LogP) is 2.67. The summed E-state index contributed by atoms with van der Waals surface area (Å²) in [4.78, 5) is 22.8. The van der Waals surface area contributed by atoms with Crippen molar-refractivity contribution in [3.8, 4) is 11.5 Å². The Kier molecular flexibility index (Phi) is 4.20. The molecule has 104 valence electrons. The molecule has 0 N–H and O–H groups in total. The molecule has 0 bridgehead atoms. The highest BCUT2D eigenvalue weighted by molar-refractivity contribution is 5.86. The molecule has 2 aromatic rings. The second-order valence-electron chi connectivity index (χ2n) is 4.13. The maximum absolute atomic E-state index is 11.6. The standard InChI is InChI=1S/C15H14O5/c1-3-4-5-14(16)20-13-7-11-9-19-15(17)8-10(11)6-12(13)18-2/h3,6-9H,1,4-5H2,2H3. The van der Waals surface area contributed by atoms with E-state index in [0.29, 0.717) is 28.7 Å². The number of methoxy groups -OCH3 is 1. The normalized spacial score (nSPS) is 10.2. The van der Waals surface area contributed by atoms with E-state index in [4.69, 9.17) is 13.9 Å². The monoisotopic (exact) mass is 274 g/mol. The Morgan fingerprint density at radius 1 is 1.30 bits per heavy atom. The summed E-state index contributed by atoms with van der Waals surface area (Å²) in [6.45, 7) is 3.55.